The lowest BCUT2D eigenvalue weighted by molar-refractivity contribution is -0.352. The highest BCUT2D eigenvalue weighted by atomic mass is 32.3. The van der Waals surface area contributed by atoms with Crippen molar-refractivity contribution in [1.29, 1.82) is 0 Å². The van der Waals surface area contributed by atoms with E-state index in [9.17, 15) is 52.8 Å². The van der Waals surface area contributed by atoms with E-state index in [4.69, 9.17) is 0 Å². The van der Waals surface area contributed by atoms with Gasteiger partial charge in [0.05, 0.1) is 4.90 Å². The van der Waals surface area contributed by atoms with Crippen LogP contribution in [0.2, 0.25) is 0 Å². The smallest absolute Gasteiger partial charge is 0.303 e. The van der Waals surface area contributed by atoms with Crippen molar-refractivity contribution in [2.75, 3.05) is 0 Å². The molecule has 0 atom stereocenters. The first-order valence-corrected chi connectivity index (χ1v) is 7.18. The van der Waals surface area contributed by atoms with Gasteiger partial charge in [-0.2, -0.15) is 39.5 Å². The minimum absolute atomic E-state index is 0.0484. The normalized spacial score (nSPS) is 16.7. The summed E-state index contributed by atoms with van der Waals surface area (Å²) in [5.74, 6) is 0. The van der Waals surface area contributed by atoms with Crippen LogP contribution in [-0.4, -0.2) is 36.6 Å². The maximum absolute atomic E-state index is 12.9. The number of hydrogen-bond donors (Lipinski definition) is 2. The van der Waals surface area contributed by atoms with E-state index in [1.54, 1.807) is 0 Å². The summed E-state index contributed by atoms with van der Waals surface area (Å²) in [6.07, 6.45) is -22.1. The molecule has 0 saturated carbocycles. The van der Waals surface area contributed by atoms with E-state index < -0.39 is 37.8 Å². The average Bonchev–Trinajstić information content (AvgIpc) is 2.22. The van der Waals surface area contributed by atoms with Crippen LogP contribution in [0.3, 0.4) is 0 Å². The fourth-order valence-electron chi connectivity index (χ4n) is 1.95. The molecule has 0 aliphatic heterocycles. The van der Waals surface area contributed by atoms with Gasteiger partial charge in [0.25, 0.3) is 0 Å². The summed E-state index contributed by atoms with van der Waals surface area (Å²) in [5, 5.41) is 0. The predicted molar refractivity (Wildman–Crippen MR) is 59.0 cm³/mol. The Morgan fingerprint density at radius 1 is 0.696 bits per heavy atom. The number of rotatable bonds is 2. The fraction of sp³-hybridized carbons (Fsp3) is 0.400. The first-order chi connectivity index (χ1) is 9.89. The third-order valence-electron chi connectivity index (χ3n) is 2.92. The van der Waals surface area contributed by atoms with E-state index in [-0.39, 0.29) is 12.1 Å². The molecule has 0 amide bonds. The molecular formula is C10H7F9O3S. The molecule has 1 rings (SSSR count). The van der Waals surface area contributed by atoms with E-state index >= 15 is 0 Å². The van der Waals surface area contributed by atoms with Gasteiger partial charge in [-0.3, -0.25) is 0 Å². The number of alkyl halides is 9. The van der Waals surface area contributed by atoms with Crippen molar-refractivity contribution < 1.29 is 52.8 Å². The second kappa shape index (κ2) is 4.83. The fourth-order valence-corrected chi connectivity index (χ4v) is 4.20. The Balaban J connectivity index is 4.12. The molecule has 1 aromatic carbocycles. The summed E-state index contributed by atoms with van der Waals surface area (Å²) < 4.78 is 139. The molecule has 2 N–H and O–H groups in total. The SMILES string of the molecule is O=S(O)(O)(c1ccccc1)C(C(F)(F)F)(C(F)(F)F)C(F)(F)F. The van der Waals surface area contributed by atoms with Gasteiger partial charge in [0, 0.05) is 0 Å². The molecule has 13 heteroatoms. The zero-order valence-corrected chi connectivity index (χ0v) is 11.3. The second-order valence-corrected chi connectivity index (χ2v) is 7.17. The lowest BCUT2D eigenvalue weighted by atomic mass is 10.1. The lowest BCUT2D eigenvalue weighted by Crippen LogP contribution is -2.77. The molecule has 134 valence electrons. The Morgan fingerprint density at radius 2 is 1.00 bits per heavy atom. The van der Waals surface area contributed by atoms with Crippen molar-refractivity contribution in [2.24, 2.45) is 0 Å². The van der Waals surface area contributed by atoms with E-state index in [1.165, 1.54) is 0 Å². The topological polar surface area (TPSA) is 57.5 Å². The van der Waals surface area contributed by atoms with Gasteiger partial charge in [0.15, 0.2) is 0 Å². The summed E-state index contributed by atoms with van der Waals surface area (Å²) in [5.41, 5.74) is 0. The van der Waals surface area contributed by atoms with Gasteiger partial charge in [-0.25, -0.2) is 4.21 Å². The third kappa shape index (κ3) is 2.50. The van der Waals surface area contributed by atoms with E-state index in [2.05, 4.69) is 0 Å². The van der Waals surface area contributed by atoms with Crippen molar-refractivity contribution in [3.05, 3.63) is 30.3 Å². The summed E-state index contributed by atoms with van der Waals surface area (Å²) >= 11 is 0. The van der Waals surface area contributed by atoms with Crippen LogP contribution in [0.5, 0.6) is 0 Å². The van der Waals surface area contributed by atoms with E-state index in [0.29, 0.717) is 12.1 Å². The lowest BCUT2D eigenvalue weighted by Gasteiger charge is -2.49. The molecule has 0 radical (unpaired) electrons. The third-order valence-corrected chi connectivity index (χ3v) is 5.84. The highest BCUT2D eigenvalue weighted by Gasteiger charge is 2.94. The highest BCUT2D eigenvalue weighted by molar-refractivity contribution is 8.11. The van der Waals surface area contributed by atoms with Crippen molar-refractivity contribution in [3.63, 3.8) is 0 Å². The molecular weight excluding hydrogens is 371 g/mol. The molecule has 0 aliphatic rings. The van der Waals surface area contributed by atoms with Crippen LogP contribution in [0.15, 0.2) is 35.2 Å². The van der Waals surface area contributed by atoms with Crippen LogP contribution in [0, 0.1) is 0 Å². The molecule has 0 spiro atoms. The molecule has 0 saturated heterocycles. The maximum Gasteiger partial charge on any atom is 0.426 e. The van der Waals surface area contributed by atoms with Crippen LogP contribution in [-0.2, 0) is 9.63 Å². The second-order valence-electron chi connectivity index (χ2n) is 4.35. The quantitative estimate of drug-likeness (QED) is 0.757. The minimum atomic E-state index is -8.58. The zero-order chi connectivity index (χ0) is 18.6. The first-order valence-electron chi connectivity index (χ1n) is 5.30. The number of halogens is 9. The first kappa shape index (κ1) is 19.7. The summed E-state index contributed by atoms with van der Waals surface area (Å²) in [6.45, 7) is 0. The Morgan fingerprint density at radius 3 is 1.26 bits per heavy atom. The van der Waals surface area contributed by atoms with Crippen molar-refractivity contribution in [2.45, 2.75) is 28.2 Å². The Hall–Kier alpha value is -1.34. The van der Waals surface area contributed by atoms with Gasteiger partial charge in [-0.05, 0) is 12.1 Å². The van der Waals surface area contributed by atoms with Crippen molar-refractivity contribution in [3.8, 4) is 0 Å². The molecule has 0 aliphatic carbocycles. The average molecular weight is 378 g/mol. The Bertz CT molecular complexity index is 602. The molecule has 0 heterocycles. The van der Waals surface area contributed by atoms with Gasteiger partial charge in [0.1, 0.15) is 9.63 Å². The summed E-state index contributed by atoms with van der Waals surface area (Å²) in [4.78, 5) is -2.07. The number of hydrogen-bond acceptors (Lipinski definition) is 1. The minimum Gasteiger partial charge on any atom is -0.303 e. The van der Waals surface area contributed by atoms with Crippen molar-refractivity contribution >= 4 is 9.63 Å². The van der Waals surface area contributed by atoms with Crippen LogP contribution in [0.25, 0.3) is 0 Å². The molecule has 0 bridgehead atoms. The van der Waals surface area contributed by atoms with Crippen molar-refractivity contribution in [1.82, 2.24) is 0 Å². The van der Waals surface area contributed by atoms with Crippen LogP contribution < -0.4 is 0 Å². The molecule has 0 fully saturated rings. The largest absolute Gasteiger partial charge is 0.426 e. The van der Waals surface area contributed by atoms with Gasteiger partial charge < -0.3 is 9.11 Å². The predicted octanol–water partition coefficient (Wildman–Crippen LogP) is 4.24. The Kier molecular flexibility index (Phi) is 4.14. The number of benzene rings is 1. The molecule has 0 unspecified atom stereocenters. The standard InChI is InChI=1S/C10H7F9O3S/c11-8(12,13)7(9(14,15)16,10(17,18)19)23(20,21,22)6-4-2-1-3-5-6/h1-5H,(H2,20,21,22). The monoisotopic (exact) mass is 378 g/mol. The molecule has 0 aromatic heterocycles. The zero-order valence-electron chi connectivity index (χ0n) is 10.5. The summed E-state index contributed by atoms with van der Waals surface area (Å²) in [6, 6.07) is 2.20. The van der Waals surface area contributed by atoms with E-state index in [0.717, 1.165) is 6.07 Å². The maximum atomic E-state index is 12.9. The van der Waals surface area contributed by atoms with Gasteiger partial charge >= 0.3 is 23.3 Å². The van der Waals surface area contributed by atoms with Crippen LogP contribution in [0.4, 0.5) is 39.5 Å². The van der Waals surface area contributed by atoms with Crippen LogP contribution in [0.1, 0.15) is 0 Å². The molecule has 3 nitrogen and oxygen atoms in total. The Labute approximate surface area is 122 Å². The highest BCUT2D eigenvalue weighted by Crippen LogP contribution is 2.64. The molecule has 23 heavy (non-hydrogen) atoms. The summed E-state index contributed by atoms with van der Waals surface area (Å²) in [7, 11) is -8.58. The van der Waals surface area contributed by atoms with Crippen LogP contribution >= 0.6 is 0 Å². The molecule has 1 aromatic rings. The van der Waals surface area contributed by atoms with Gasteiger partial charge in [-0.15, -0.1) is 0 Å². The van der Waals surface area contributed by atoms with Gasteiger partial charge in [0.2, 0.25) is 0 Å². The van der Waals surface area contributed by atoms with Gasteiger partial charge in [-0.1, -0.05) is 18.2 Å². The van der Waals surface area contributed by atoms with E-state index in [1.807, 2.05) is 0 Å².